The van der Waals surface area contributed by atoms with Crippen molar-refractivity contribution < 1.29 is 9.53 Å². The van der Waals surface area contributed by atoms with Crippen LogP contribution in [0.4, 0.5) is 0 Å². The Kier molecular flexibility index (Phi) is 5.18. The van der Waals surface area contributed by atoms with Gasteiger partial charge >= 0.3 is 5.97 Å². The number of hydrogen-bond donors (Lipinski definition) is 0. The van der Waals surface area contributed by atoms with Crippen LogP contribution in [0.1, 0.15) is 29.9 Å². The zero-order chi connectivity index (χ0) is 22.9. The average molecular weight is 439 g/mol. The fourth-order valence-corrected chi connectivity index (χ4v) is 3.91. The summed E-state index contributed by atoms with van der Waals surface area (Å²) in [6.45, 7) is 4.10. The van der Waals surface area contributed by atoms with E-state index in [9.17, 15) is 9.59 Å². The molecule has 0 atom stereocenters. The molecule has 0 aliphatic carbocycles. The minimum absolute atomic E-state index is 0.212. The van der Waals surface area contributed by atoms with Gasteiger partial charge in [-0.2, -0.15) is 5.10 Å². The fraction of sp³-hybridized carbons (Fsp3) is 0.160. The quantitative estimate of drug-likeness (QED) is 0.387. The van der Waals surface area contributed by atoms with Gasteiger partial charge in [-0.3, -0.25) is 9.36 Å². The van der Waals surface area contributed by atoms with Crippen molar-refractivity contribution in [2.45, 2.75) is 20.3 Å². The molecule has 0 aliphatic rings. The van der Waals surface area contributed by atoms with Gasteiger partial charge in [0.05, 0.1) is 23.4 Å². The highest BCUT2D eigenvalue weighted by molar-refractivity contribution is 5.89. The third-order valence-corrected chi connectivity index (χ3v) is 5.51. The first kappa shape index (κ1) is 20.6. The molecule has 0 amide bonds. The zero-order valence-corrected chi connectivity index (χ0v) is 18.2. The Bertz CT molecular complexity index is 1540. The molecular weight excluding hydrogens is 418 g/mol. The number of fused-ring (bicyclic) bond motifs is 3. The number of hydrogen-bond acceptors (Lipinski definition) is 6. The number of pyridine rings is 1. The lowest BCUT2D eigenvalue weighted by molar-refractivity contribution is 0.0526. The van der Waals surface area contributed by atoms with Crippen LogP contribution >= 0.6 is 0 Å². The van der Waals surface area contributed by atoms with Gasteiger partial charge in [-0.05, 0) is 49.2 Å². The van der Waals surface area contributed by atoms with Crippen LogP contribution in [0.3, 0.4) is 0 Å². The van der Waals surface area contributed by atoms with Crippen molar-refractivity contribution in [3.63, 3.8) is 0 Å². The van der Waals surface area contributed by atoms with Gasteiger partial charge in [0.1, 0.15) is 5.52 Å². The summed E-state index contributed by atoms with van der Waals surface area (Å²) in [7, 11) is 0. The molecule has 5 rings (SSSR count). The number of carbonyl (C=O) groups excluding carboxylic acids is 1. The zero-order valence-electron chi connectivity index (χ0n) is 18.2. The molecule has 0 saturated carbocycles. The maximum Gasteiger partial charge on any atom is 0.338 e. The van der Waals surface area contributed by atoms with Crippen LogP contribution in [-0.2, 0) is 11.2 Å². The largest absolute Gasteiger partial charge is 0.462 e. The van der Waals surface area contributed by atoms with Crippen LogP contribution in [0.5, 0.6) is 0 Å². The molecule has 0 saturated heterocycles. The molecule has 5 aromatic rings. The van der Waals surface area contributed by atoms with E-state index in [1.54, 1.807) is 48.0 Å². The second kappa shape index (κ2) is 8.31. The van der Waals surface area contributed by atoms with E-state index in [4.69, 9.17) is 9.84 Å². The smallest absolute Gasteiger partial charge is 0.338 e. The number of esters is 1. The molecule has 2 aromatic carbocycles. The van der Waals surface area contributed by atoms with E-state index in [0.717, 1.165) is 23.2 Å². The van der Waals surface area contributed by atoms with Crippen LogP contribution in [0, 0.1) is 0 Å². The van der Waals surface area contributed by atoms with Gasteiger partial charge in [0.15, 0.2) is 11.2 Å². The first-order valence-electron chi connectivity index (χ1n) is 10.7. The lowest BCUT2D eigenvalue weighted by Gasteiger charge is -2.08. The van der Waals surface area contributed by atoms with Crippen LogP contribution < -0.4 is 5.56 Å². The van der Waals surface area contributed by atoms with Gasteiger partial charge in [-0.15, -0.1) is 10.2 Å². The summed E-state index contributed by atoms with van der Waals surface area (Å²) < 4.78 is 8.18. The van der Waals surface area contributed by atoms with Gasteiger partial charge in [0.25, 0.3) is 5.56 Å². The van der Waals surface area contributed by atoms with E-state index < -0.39 is 5.97 Å². The Morgan fingerprint density at radius 3 is 2.42 bits per heavy atom. The number of benzene rings is 2. The summed E-state index contributed by atoms with van der Waals surface area (Å²) in [4.78, 5) is 25.1. The SMILES string of the molecule is CCOC(=O)c1ccc(-n2ccc3c(nnc4c(-c5ccccc5)c(CC)nn43)c2=O)cc1. The van der Waals surface area contributed by atoms with Crippen molar-refractivity contribution in [2.75, 3.05) is 6.61 Å². The van der Waals surface area contributed by atoms with E-state index in [1.165, 1.54) is 4.57 Å². The maximum atomic E-state index is 13.3. The first-order valence-corrected chi connectivity index (χ1v) is 10.7. The highest BCUT2D eigenvalue weighted by atomic mass is 16.5. The van der Waals surface area contributed by atoms with Crippen molar-refractivity contribution in [1.82, 2.24) is 24.4 Å². The predicted molar refractivity (Wildman–Crippen MR) is 125 cm³/mol. The Labute approximate surface area is 189 Å². The molecule has 3 heterocycles. The molecule has 0 fully saturated rings. The molecule has 0 spiro atoms. The number of aryl methyl sites for hydroxylation is 1. The molecule has 33 heavy (non-hydrogen) atoms. The third kappa shape index (κ3) is 3.45. The molecular formula is C25H21N5O3. The normalized spacial score (nSPS) is 11.2. The summed E-state index contributed by atoms with van der Waals surface area (Å²) in [5, 5.41) is 13.4. The summed E-state index contributed by atoms with van der Waals surface area (Å²) in [5.74, 6) is -0.400. The molecule has 0 N–H and O–H groups in total. The van der Waals surface area contributed by atoms with Gasteiger partial charge in [-0.1, -0.05) is 37.3 Å². The van der Waals surface area contributed by atoms with E-state index in [2.05, 4.69) is 10.2 Å². The van der Waals surface area contributed by atoms with Crippen LogP contribution in [-0.4, -0.2) is 37.0 Å². The summed E-state index contributed by atoms with van der Waals surface area (Å²) in [6.07, 6.45) is 2.40. The Hall–Kier alpha value is -4.33. The molecule has 0 unspecified atom stereocenters. The van der Waals surface area contributed by atoms with E-state index in [-0.39, 0.29) is 11.1 Å². The van der Waals surface area contributed by atoms with Crippen LogP contribution in [0.15, 0.2) is 71.7 Å². The molecule has 8 nitrogen and oxygen atoms in total. The van der Waals surface area contributed by atoms with Crippen molar-refractivity contribution in [2.24, 2.45) is 0 Å². The lowest BCUT2D eigenvalue weighted by Crippen LogP contribution is -2.20. The third-order valence-electron chi connectivity index (χ3n) is 5.51. The van der Waals surface area contributed by atoms with Crippen molar-refractivity contribution in [1.29, 1.82) is 0 Å². The second-order valence-electron chi connectivity index (χ2n) is 7.47. The van der Waals surface area contributed by atoms with Crippen LogP contribution in [0.2, 0.25) is 0 Å². The highest BCUT2D eigenvalue weighted by Crippen LogP contribution is 2.28. The lowest BCUT2D eigenvalue weighted by atomic mass is 10.0. The number of nitrogens with zero attached hydrogens (tertiary/aromatic N) is 5. The van der Waals surface area contributed by atoms with Crippen molar-refractivity contribution >= 4 is 22.6 Å². The van der Waals surface area contributed by atoms with Crippen molar-refractivity contribution in [3.8, 4) is 16.8 Å². The topological polar surface area (TPSA) is 91.4 Å². The molecule has 8 heteroatoms. The molecule has 164 valence electrons. The fourth-order valence-electron chi connectivity index (χ4n) is 3.91. The Balaban J connectivity index is 1.64. The number of aromatic nitrogens is 5. The Morgan fingerprint density at radius 1 is 0.970 bits per heavy atom. The molecule has 0 radical (unpaired) electrons. The standard InChI is InChI=1S/C25H21N5O3/c1-3-19-21(16-8-6-5-7-9-16)23-27-26-22-20(30(23)28-19)14-15-29(24(22)31)18-12-10-17(11-13-18)25(32)33-4-2/h5-15H,3-4H2,1-2H3. The highest BCUT2D eigenvalue weighted by Gasteiger charge is 2.19. The van der Waals surface area contributed by atoms with Crippen LogP contribution in [0.25, 0.3) is 33.5 Å². The summed E-state index contributed by atoms with van der Waals surface area (Å²) in [5.41, 5.74) is 4.94. The number of carbonyl (C=O) groups is 1. The Morgan fingerprint density at radius 2 is 1.73 bits per heavy atom. The molecule has 0 bridgehead atoms. The van der Waals surface area contributed by atoms with Gasteiger partial charge in [-0.25, -0.2) is 9.31 Å². The van der Waals surface area contributed by atoms with E-state index in [0.29, 0.717) is 29.0 Å². The van der Waals surface area contributed by atoms with E-state index >= 15 is 0 Å². The second-order valence-corrected chi connectivity index (χ2v) is 7.47. The van der Waals surface area contributed by atoms with Gasteiger partial charge in [0, 0.05) is 11.9 Å². The van der Waals surface area contributed by atoms with Crippen molar-refractivity contribution in [3.05, 3.63) is 88.5 Å². The number of ether oxygens (including phenoxy) is 1. The van der Waals surface area contributed by atoms with Gasteiger partial charge < -0.3 is 4.74 Å². The number of rotatable bonds is 5. The summed E-state index contributed by atoms with van der Waals surface area (Å²) in [6, 6.07) is 18.4. The predicted octanol–water partition coefficient (Wildman–Crippen LogP) is 3.83. The van der Waals surface area contributed by atoms with Gasteiger partial charge in [0.2, 0.25) is 0 Å². The molecule has 3 aromatic heterocycles. The minimum atomic E-state index is -0.400. The summed E-state index contributed by atoms with van der Waals surface area (Å²) >= 11 is 0. The minimum Gasteiger partial charge on any atom is -0.462 e. The average Bonchev–Trinajstić information content (AvgIpc) is 3.24. The molecule has 0 aliphatic heterocycles. The van der Waals surface area contributed by atoms with E-state index in [1.807, 2.05) is 37.3 Å². The maximum absolute atomic E-state index is 13.3. The first-order chi connectivity index (χ1) is 16.1. The monoisotopic (exact) mass is 439 g/mol.